The largest absolute Gasteiger partial charge is 0.497 e. The second kappa shape index (κ2) is 13.1. The summed E-state index contributed by atoms with van der Waals surface area (Å²) in [4.78, 5) is 44.2. The molecular weight excluding hydrogens is 582 g/mol. The van der Waals surface area contributed by atoms with Gasteiger partial charge in [0, 0.05) is 0 Å². The van der Waals surface area contributed by atoms with E-state index in [2.05, 4.69) is 0 Å². The Bertz CT molecular complexity index is 1760. The molecule has 1 fully saturated rings. The molecule has 0 radical (unpaired) electrons. The maximum Gasteiger partial charge on any atom is 0.338 e. The van der Waals surface area contributed by atoms with Gasteiger partial charge in [-0.2, -0.15) is 0 Å². The minimum atomic E-state index is -1.13. The molecule has 0 bridgehead atoms. The molecule has 1 aliphatic rings. The van der Waals surface area contributed by atoms with Crippen LogP contribution in [-0.4, -0.2) is 54.9 Å². The van der Waals surface area contributed by atoms with Crippen molar-refractivity contribution in [2.75, 3.05) is 13.7 Å². The van der Waals surface area contributed by atoms with Gasteiger partial charge in [-0.25, -0.2) is 19.4 Å². The number of nitrogens with zero attached hydrogens (tertiary/aromatic N) is 1. The topological polar surface area (TPSA) is 110 Å². The lowest BCUT2D eigenvalue weighted by Crippen LogP contribution is -2.40. The number of methoxy groups -OCH3 is 1. The summed E-state index contributed by atoms with van der Waals surface area (Å²) in [6.07, 6.45) is -4.15. The third-order valence-electron chi connectivity index (χ3n) is 7.06. The highest BCUT2D eigenvalue weighted by Crippen LogP contribution is 2.41. The number of carbonyl (C=O) groups excluding carboxylic acids is 3. The minimum absolute atomic E-state index is 0.269. The monoisotopic (exact) mass is 609 g/mol. The van der Waals surface area contributed by atoms with Gasteiger partial charge in [-0.1, -0.05) is 54.6 Å². The first-order chi connectivity index (χ1) is 21.5. The Morgan fingerprint density at radius 2 is 1.27 bits per heavy atom. The molecule has 4 aromatic carbocycles. The number of fused-ring (bicyclic) bond motifs is 1. The Morgan fingerprint density at radius 3 is 1.84 bits per heavy atom. The van der Waals surface area contributed by atoms with Crippen LogP contribution < -0.4 is 4.74 Å². The standard InChI is InChI=1S/C34H27NO8S/c1-39-24-17-18-25-27(19-24)44-31(35-25)30-29(43-34(38)23-15-9-4-10-16-23)28(42-33(37)22-13-7-3-8-14-22)26(41-30)20-40-32(36)21-11-5-2-6-12-21/h2-19,26,28-30H,20H2,1H3/t26-,28-,29-,30-/m1/s1. The van der Waals surface area contributed by atoms with E-state index in [-0.39, 0.29) is 6.61 Å². The van der Waals surface area contributed by atoms with Crippen LogP contribution in [0.25, 0.3) is 10.2 Å². The predicted octanol–water partition coefficient (Wildman–Crippen LogP) is 6.05. The van der Waals surface area contributed by atoms with Gasteiger partial charge < -0.3 is 23.7 Å². The molecule has 0 amide bonds. The van der Waals surface area contributed by atoms with E-state index in [1.807, 2.05) is 12.1 Å². The van der Waals surface area contributed by atoms with Crippen LogP contribution >= 0.6 is 11.3 Å². The fourth-order valence-electron chi connectivity index (χ4n) is 4.85. The van der Waals surface area contributed by atoms with Crippen LogP contribution in [0.5, 0.6) is 5.75 Å². The van der Waals surface area contributed by atoms with Gasteiger partial charge in [-0.3, -0.25) is 0 Å². The van der Waals surface area contributed by atoms with Gasteiger partial charge in [-0.15, -0.1) is 11.3 Å². The highest BCUT2D eigenvalue weighted by molar-refractivity contribution is 7.18. The summed E-state index contributed by atoms with van der Waals surface area (Å²) in [5.41, 5.74) is 1.66. The first-order valence-electron chi connectivity index (χ1n) is 13.8. The van der Waals surface area contributed by atoms with Crippen molar-refractivity contribution in [2.45, 2.75) is 24.4 Å². The number of rotatable bonds is 9. The van der Waals surface area contributed by atoms with E-state index in [1.165, 1.54) is 11.3 Å². The molecule has 0 unspecified atom stereocenters. The zero-order chi connectivity index (χ0) is 30.5. The lowest BCUT2D eigenvalue weighted by molar-refractivity contribution is -0.0450. The van der Waals surface area contributed by atoms with E-state index in [0.29, 0.717) is 33.0 Å². The van der Waals surface area contributed by atoms with E-state index in [0.717, 1.165) is 4.70 Å². The van der Waals surface area contributed by atoms with Crippen molar-refractivity contribution in [2.24, 2.45) is 0 Å². The number of carbonyl (C=O) groups is 3. The van der Waals surface area contributed by atoms with Crippen LogP contribution in [0, 0.1) is 0 Å². The molecule has 2 heterocycles. The van der Waals surface area contributed by atoms with E-state index in [4.69, 9.17) is 28.7 Å². The minimum Gasteiger partial charge on any atom is -0.497 e. The van der Waals surface area contributed by atoms with Crippen molar-refractivity contribution < 1.29 is 38.1 Å². The van der Waals surface area contributed by atoms with Crippen LogP contribution in [0.15, 0.2) is 109 Å². The SMILES string of the molecule is COc1ccc2nc([C@@H]3O[C@H](COC(=O)c4ccccc4)[C@@H](OC(=O)c4ccccc4)[C@H]3OC(=O)c3ccccc3)sc2c1. The number of esters is 3. The van der Waals surface area contributed by atoms with Gasteiger partial charge in [0.25, 0.3) is 0 Å². The quantitative estimate of drug-likeness (QED) is 0.146. The number of ether oxygens (including phenoxy) is 5. The fraction of sp³-hybridized carbons (Fsp3) is 0.176. The van der Waals surface area contributed by atoms with E-state index in [1.54, 1.807) is 104 Å². The fourth-order valence-corrected chi connectivity index (χ4v) is 5.92. The van der Waals surface area contributed by atoms with E-state index < -0.39 is 42.3 Å². The zero-order valence-electron chi connectivity index (χ0n) is 23.5. The van der Waals surface area contributed by atoms with Crippen molar-refractivity contribution in [3.05, 3.63) is 131 Å². The third-order valence-corrected chi connectivity index (χ3v) is 8.14. The lowest BCUT2D eigenvalue weighted by atomic mass is 10.1. The first kappa shape index (κ1) is 29.0. The summed E-state index contributed by atoms with van der Waals surface area (Å²) in [5.74, 6) is -1.19. The average Bonchev–Trinajstić information content (AvgIpc) is 3.65. The Hall–Kier alpha value is -5.06. The number of hydrogen-bond donors (Lipinski definition) is 0. The number of thiazole rings is 1. The Balaban J connectivity index is 1.36. The van der Waals surface area contributed by atoms with Crippen LogP contribution in [-0.2, 0) is 18.9 Å². The molecule has 4 atom stereocenters. The first-order valence-corrected chi connectivity index (χ1v) is 14.7. The molecular formula is C34H27NO8S. The van der Waals surface area contributed by atoms with Gasteiger partial charge in [-0.05, 0) is 54.6 Å². The summed E-state index contributed by atoms with van der Waals surface area (Å²) < 4.78 is 30.2. The lowest BCUT2D eigenvalue weighted by Gasteiger charge is -2.24. The molecule has 0 aliphatic carbocycles. The number of aromatic nitrogens is 1. The van der Waals surface area contributed by atoms with Crippen LogP contribution in [0.2, 0.25) is 0 Å². The molecule has 0 saturated carbocycles. The predicted molar refractivity (Wildman–Crippen MR) is 162 cm³/mol. The summed E-state index contributed by atoms with van der Waals surface area (Å²) >= 11 is 1.34. The maximum atomic E-state index is 13.4. The Morgan fingerprint density at radius 1 is 0.727 bits per heavy atom. The van der Waals surface area contributed by atoms with Crippen LogP contribution in [0.3, 0.4) is 0 Å². The zero-order valence-corrected chi connectivity index (χ0v) is 24.3. The molecule has 44 heavy (non-hydrogen) atoms. The highest BCUT2D eigenvalue weighted by Gasteiger charge is 2.52. The molecule has 0 N–H and O–H groups in total. The van der Waals surface area contributed by atoms with Gasteiger partial charge in [0.05, 0.1) is 34.0 Å². The molecule has 1 aromatic heterocycles. The normalized spacial score (nSPS) is 19.3. The molecule has 1 aliphatic heterocycles. The smallest absolute Gasteiger partial charge is 0.338 e. The van der Waals surface area contributed by atoms with E-state index >= 15 is 0 Å². The summed E-state index contributed by atoms with van der Waals surface area (Å²) in [5, 5.41) is 0.497. The van der Waals surface area contributed by atoms with Crippen molar-refractivity contribution >= 4 is 39.5 Å². The number of benzene rings is 4. The van der Waals surface area contributed by atoms with Crippen LogP contribution in [0.4, 0.5) is 0 Å². The van der Waals surface area contributed by atoms with Crippen molar-refractivity contribution in [3.8, 4) is 5.75 Å². The molecule has 9 nitrogen and oxygen atoms in total. The second-order valence-electron chi connectivity index (χ2n) is 9.92. The molecule has 6 rings (SSSR count). The third kappa shape index (κ3) is 6.31. The highest BCUT2D eigenvalue weighted by atomic mass is 32.1. The molecule has 5 aromatic rings. The van der Waals surface area contributed by atoms with Crippen LogP contribution in [0.1, 0.15) is 42.2 Å². The summed E-state index contributed by atoms with van der Waals surface area (Å²) in [7, 11) is 1.58. The van der Waals surface area contributed by atoms with Crippen molar-refractivity contribution in [3.63, 3.8) is 0 Å². The van der Waals surface area contributed by atoms with Gasteiger partial charge >= 0.3 is 17.9 Å². The maximum absolute atomic E-state index is 13.4. The van der Waals surface area contributed by atoms with Crippen molar-refractivity contribution in [1.29, 1.82) is 0 Å². The van der Waals surface area contributed by atoms with Gasteiger partial charge in [0.15, 0.2) is 18.3 Å². The molecule has 0 spiro atoms. The summed E-state index contributed by atoms with van der Waals surface area (Å²) in [6, 6.07) is 30.9. The summed E-state index contributed by atoms with van der Waals surface area (Å²) in [6.45, 7) is -0.269. The number of hydrogen-bond acceptors (Lipinski definition) is 10. The van der Waals surface area contributed by atoms with Crippen molar-refractivity contribution in [1.82, 2.24) is 4.98 Å². The van der Waals surface area contributed by atoms with Gasteiger partial charge in [0.2, 0.25) is 0 Å². The Labute approximate surface area is 256 Å². The molecule has 1 saturated heterocycles. The molecule has 10 heteroatoms. The van der Waals surface area contributed by atoms with Gasteiger partial charge in [0.1, 0.15) is 23.5 Å². The molecule has 222 valence electrons. The Kier molecular flexibility index (Phi) is 8.62. The second-order valence-corrected chi connectivity index (χ2v) is 11.0. The van der Waals surface area contributed by atoms with E-state index in [9.17, 15) is 14.4 Å². The average molecular weight is 610 g/mol.